The van der Waals surface area contributed by atoms with E-state index in [0.29, 0.717) is 13.1 Å². The molecule has 82 valence electrons. The third kappa shape index (κ3) is 2.04. The van der Waals surface area contributed by atoms with Crippen molar-refractivity contribution in [3.8, 4) is 0 Å². The van der Waals surface area contributed by atoms with Gasteiger partial charge in [-0.15, -0.1) is 11.3 Å². The Morgan fingerprint density at radius 3 is 3.13 bits per heavy atom. The number of nitrogens with zero attached hydrogens (tertiary/aromatic N) is 1. The van der Waals surface area contributed by atoms with E-state index in [4.69, 9.17) is 0 Å². The molecule has 1 aromatic rings. The molecule has 1 fully saturated rings. The summed E-state index contributed by atoms with van der Waals surface area (Å²) in [5.41, 5.74) is 0. The number of aliphatic hydroxyl groups is 1. The average Bonchev–Trinajstić information content (AvgIpc) is 2.70. The van der Waals surface area contributed by atoms with Crippen LogP contribution in [0.4, 0.5) is 0 Å². The maximum Gasteiger partial charge on any atom is 0.242 e. The highest BCUT2D eigenvalue weighted by Gasteiger charge is 2.33. The zero-order valence-electron chi connectivity index (χ0n) is 8.51. The molecule has 5 heteroatoms. The first-order valence-corrected chi connectivity index (χ1v) is 5.83. The summed E-state index contributed by atoms with van der Waals surface area (Å²) in [5, 5.41) is 14.4. The number of thiophene rings is 1. The number of aliphatic hydroxyl groups excluding tert-OH is 1. The first-order chi connectivity index (χ1) is 7.20. The van der Waals surface area contributed by atoms with Crippen LogP contribution in [0.25, 0.3) is 0 Å². The van der Waals surface area contributed by atoms with Crippen molar-refractivity contribution >= 4 is 17.2 Å². The van der Waals surface area contributed by atoms with Crippen LogP contribution in [-0.2, 0) is 4.79 Å². The van der Waals surface area contributed by atoms with Crippen LogP contribution in [0.15, 0.2) is 17.5 Å². The van der Waals surface area contributed by atoms with Crippen molar-refractivity contribution in [3.05, 3.63) is 22.4 Å². The molecule has 2 atom stereocenters. The van der Waals surface area contributed by atoms with E-state index in [9.17, 15) is 9.90 Å². The van der Waals surface area contributed by atoms with Crippen LogP contribution in [0.3, 0.4) is 0 Å². The third-order valence-corrected chi connectivity index (χ3v) is 3.47. The van der Waals surface area contributed by atoms with Gasteiger partial charge < -0.3 is 10.4 Å². The molecule has 4 nitrogen and oxygen atoms in total. The van der Waals surface area contributed by atoms with Gasteiger partial charge in [0, 0.05) is 18.0 Å². The Morgan fingerprint density at radius 1 is 1.73 bits per heavy atom. The molecule has 0 spiro atoms. The Labute approximate surface area is 92.5 Å². The molecule has 1 aliphatic heterocycles. The van der Waals surface area contributed by atoms with Crippen LogP contribution in [0.5, 0.6) is 0 Å². The quantitative estimate of drug-likeness (QED) is 0.774. The second-order valence-corrected chi connectivity index (χ2v) is 4.56. The second kappa shape index (κ2) is 4.30. The Hall–Kier alpha value is -0.910. The van der Waals surface area contributed by atoms with E-state index in [1.54, 1.807) is 18.3 Å². The molecule has 0 aromatic carbocycles. The first kappa shape index (κ1) is 10.6. The zero-order valence-corrected chi connectivity index (χ0v) is 9.33. The van der Waals surface area contributed by atoms with Gasteiger partial charge in [-0.25, -0.2) is 0 Å². The molecule has 0 bridgehead atoms. The van der Waals surface area contributed by atoms with Crippen molar-refractivity contribution in [3.63, 3.8) is 0 Å². The molecular weight excluding hydrogens is 212 g/mol. The van der Waals surface area contributed by atoms with Crippen LogP contribution in [0, 0.1) is 0 Å². The number of piperazine rings is 1. The fraction of sp³-hybridized carbons (Fsp3) is 0.500. The number of carbonyl (C=O) groups excluding carboxylic acids is 1. The summed E-state index contributed by atoms with van der Waals surface area (Å²) < 4.78 is 0. The highest BCUT2D eigenvalue weighted by Crippen LogP contribution is 2.27. The van der Waals surface area contributed by atoms with Crippen LogP contribution in [-0.4, -0.2) is 35.2 Å². The minimum atomic E-state index is -0.594. The van der Waals surface area contributed by atoms with Gasteiger partial charge in [0.25, 0.3) is 0 Å². The monoisotopic (exact) mass is 226 g/mol. The van der Waals surface area contributed by atoms with Gasteiger partial charge in [0.15, 0.2) is 0 Å². The first-order valence-electron chi connectivity index (χ1n) is 4.95. The molecular formula is C10H14N2O2S. The van der Waals surface area contributed by atoms with Crippen LogP contribution in [0.2, 0.25) is 0 Å². The summed E-state index contributed by atoms with van der Waals surface area (Å²) in [6.45, 7) is 2.98. The normalized spacial score (nSPS) is 24.9. The SMILES string of the molecule is CC(O)N1CCNC(=O)C1c1cccs1. The van der Waals surface area contributed by atoms with Gasteiger partial charge in [0.1, 0.15) is 12.3 Å². The standard InChI is InChI=1S/C10H14N2O2S/c1-7(13)12-5-4-11-10(14)9(12)8-3-2-6-15-8/h2-3,6-7,9,13H,4-5H2,1H3,(H,11,14). The maximum atomic E-state index is 11.8. The zero-order chi connectivity index (χ0) is 10.8. The van der Waals surface area contributed by atoms with E-state index < -0.39 is 6.23 Å². The van der Waals surface area contributed by atoms with Gasteiger partial charge in [-0.2, -0.15) is 0 Å². The van der Waals surface area contributed by atoms with E-state index >= 15 is 0 Å². The lowest BCUT2D eigenvalue weighted by molar-refractivity contribution is -0.135. The summed E-state index contributed by atoms with van der Waals surface area (Å²) in [5.74, 6) is -0.0235. The van der Waals surface area contributed by atoms with Crippen molar-refractivity contribution in [1.82, 2.24) is 10.2 Å². The number of rotatable bonds is 2. The van der Waals surface area contributed by atoms with E-state index in [1.807, 2.05) is 22.4 Å². The molecule has 1 aliphatic rings. The predicted molar refractivity (Wildman–Crippen MR) is 58.5 cm³/mol. The minimum Gasteiger partial charge on any atom is -0.379 e. The highest BCUT2D eigenvalue weighted by molar-refractivity contribution is 7.10. The van der Waals surface area contributed by atoms with Crippen LogP contribution < -0.4 is 5.32 Å². The van der Waals surface area contributed by atoms with Gasteiger partial charge >= 0.3 is 0 Å². The summed E-state index contributed by atoms with van der Waals surface area (Å²) >= 11 is 1.54. The molecule has 1 aromatic heterocycles. The smallest absolute Gasteiger partial charge is 0.242 e. The predicted octanol–water partition coefficient (Wildman–Crippen LogP) is 0.559. The molecule has 0 saturated carbocycles. The Bertz CT molecular complexity index is 337. The van der Waals surface area contributed by atoms with E-state index in [0.717, 1.165) is 4.88 Å². The van der Waals surface area contributed by atoms with Gasteiger partial charge in [-0.05, 0) is 18.4 Å². The lowest BCUT2D eigenvalue weighted by Gasteiger charge is -2.36. The fourth-order valence-corrected chi connectivity index (χ4v) is 2.67. The van der Waals surface area contributed by atoms with Crippen molar-refractivity contribution in [2.45, 2.75) is 19.2 Å². The van der Waals surface area contributed by atoms with Crippen molar-refractivity contribution < 1.29 is 9.90 Å². The van der Waals surface area contributed by atoms with Crippen molar-refractivity contribution in [2.75, 3.05) is 13.1 Å². The lowest BCUT2D eigenvalue weighted by Crippen LogP contribution is -2.52. The van der Waals surface area contributed by atoms with Crippen molar-refractivity contribution in [2.24, 2.45) is 0 Å². The molecule has 1 amide bonds. The molecule has 2 heterocycles. The molecule has 2 rings (SSSR count). The number of hydrogen-bond acceptors (Lipinski definition) is 4. The molecule has 15 heavy (non-hydrogen) atoms. The number of carbonyl (C=O) groups is 1. The van der Waals surface area contributed by atoms with Gasteiger partial charge in [0.2, 0.25) is 5.91 Å². The molecule has 0 aliphatic carbocycles. The maximum absolute atomic E-state index is 11.8. The summed E-state index contributed by atoms with van der Waals surface area (Å²) in [6.07, 6.45) is -0.594. The third-order valence-electron chi connectivity index (χ3n) is 2.54. The van der Waals surface area contributed by atoms with E-state index in [1.165, 1.54) is 0 Å². The number of hydrogen-bond donors (Lipinski definition) is 2. The fourth-order valence-electron chi connectivity index (χ4n) is 1.83. The van der Waals surface area contributed by atoms with Crippen LogP contribution in [0.1, 0.15) is 17.8 Å². The van der Waals surface area contributed by atoms with Gasteiger partial charge in [-0.1, -0.05) is 6.07 Å². The highest BCUT2D eigenvalue weighted by atomic mass is 32.1. The summed E-state index contributed by atoms with van der Waals surface area (Å²) in [4.78, 5) is 14.5. The van der Waals surface area contributed by atoms with E-state index in [2.05, 4.69) is 5.32 Å². The van der Waals surface area contributed by atoms with Crippen LogP contribution >= 0.6 is 11.3 Å². The summed E-state index contributed by atoms with van der Waals surface area (Å²) in [6, 6.07) is 3.51. The van der Waals surface area contributed by atoms with Gasteiger partial charge in [0.05, 0.1) is 0 Å². The minimum absolute atomic E-state index is 0.0235. The van der Waals surface area contributed by atoms with E-state index in [-0.39, 0.29) is 11.9 Å². The lowest BCUT2D eigenvalue weighted by atomic mass is 10.1. The largest absolute Gasteiger partial charge is 0.379 e. The van der Waals surface area contributed by atoms with Crippen molar-refractivity contribution in [1.29, 1.82) is 0 Å². The number of amides is 1. The topological polar surface area (TPSA) is 52.6 Å². The Morgan fingerprint density at radius 2 is 2.53 bits per heavy atom. The molecule has 0 radical (unpaired) electrons. The molecule has 2 unspecified atom stereocenters. The average molecular weight is 226 g/mol. The second-order valence-electron chi connectivity index (χ2n) is 3.58. The van der Waals surface area contributed by atoms with Gasteiger partial charge in [-0.3, -0.25) is 9.69 Å². The molecule has 2 N–H and O–H groups in total. The summed E-state index contributed by atoms with van der Waals surface area (Å²) in [7, 11) is 0. The molecule has 1 saturated heterocycles. The number of nitrogens with one attached hydrogen (secondary N) is 1. The Balaban J connectivity index is 2.27. The Kier molecular flexibility index (Phi) is 3.04.